The molecule has 1 saturated heterocycles. The van der Waals surface area contributed by atoms with E-state index in [0.29, 0.717) is 25.6 Å². The SMILES string of the molecule is O=C(CC1COCCN1)NCCS(=O)(=O)CC1CC1. The van der Waals surface area contributed by atoms with Crippen molar-refractivity contribution in [2.45, 2.75) is 25.3 Å². The highest BCUT2D eigenvalue weighted by Crippen LogP contribution is 2.30. The molecule has 0 spiro atoms. The molecule has 2 aliphatic rings. The first-order valence-electron chi connectivity index (χ1n) is 6.83. The minimum atomic E-state index is -3.00. The molecule has 1 saturated carbocycles. The van der Waals surface area contributed by atoms with E-state index < -0.39 is 9.84 Å². The van der Waals surface area contributed by atoms with E-state index in [2.05, 4.69) is 10.6 Å². The highest BCUT2D eigenvalue weighted by molar-refractivity contribution is 7.91. The van der Waals surface area contributed by atoms with Crippen LogP contribution >= 0.6 is 0 Å². The number of hydrogen-bond donors (Lipinski definition) is 2. The van der Waals surface area contributed by atoms with Crippen LogP contribution in [0.1, 0.15) is 19.3 Å². The molecule has 1 aliphatic carbocycles. The molecule has 1 heterocycles. The third kappa shape index (κ3) is 5.88. The van der Waals surface area contributed by atoms with Crippen LogP contribution in [0.15, 0.2) is 0 Å². The lowest BCUT2D eigenvalue weighted by molar-refractivity contribution is -0.122. The fraction of sp³-hybridized carbons (Fsp3) is 0.917. The Morgan fingerprint density at radius 2 is 2.16 bits per heavy atom. The van der Waals surface area contributed by atoms with Crippen molar-refractivity contribution < 1.29 is 17.9 Å². The largest absolute Gasteiger partial charge is 0.378 e. The fourth-order valence-electron chi connectivity index (χ4n) is 2.12. The number of morpholine rings is 1. The second-order valence-electron chi connectivity index (χ2n) is 5.34. The number of carbonyl (C=O) groups is 1. The molecule has 2 rings (SSSR count). The Kier molecular flexibility index (Phi) is 5.18. The average Bonchev–Trinajstić information content (AvgIpc) is 3.13. The Morgan fingerprint density at radius 1 is 1.37 bits per heavy atom. The van der Waals surface area contributed by atoms with Gasteiger partial charge in [0.25, 0.3) is 0 Å². The van der Waals surface area contributed by atoms with Gasteiger partial charge in [-0.15, -0.1) is 0 Å². The van der Waals surface area contributed by atoms with Gasteiger partial charge in [0.1, 0.15) is 0 Å². The quantitative estimate of drug-likeness (QED) is 0.648. The summed E-state index contributed by atoms with van der Waals surface area (Å²) in [6.45, 7) is 2.18. The molecule has 0 aromatic carbocycles. The highest BCUT2D eigenvalue weighted by atomic mass is 32.2. The van der Waals surface area contributed by atoms with Crippen molar-refractivity contribution in [2.75, 3.05) is 37.8 Å². The van der Waals surface area contributed by atoms with Gasteiger partial charge in [0, 0.05) is 25.6 Å². The maximum Gasteiger partial charge on any atom is 0.221 e. The Morgan fingerprint density at radius 3 is 2.79 bits per heavy atom. The average molecular weight is 290 g/mol. The topological polar surface area (TPSA) is 84.5 Å². The maximum absolute atomic E-state index is 11.7. The van der Waals surface area contributed by atoms with E-state index >= 15 is 0 Å². The molecule has 1 amide bonds. The summed E-state index contributed by atoms with van der Waals surface area (Å²) >= 11 is 0. The van der Waals surface area contributed by atoms with Crippen molar-refractivity contribution in [1.29, 1.82) is 0 Å². The third-order valence-electron chi connectivity index (χ3n) is 3.35. The van der Waals surface area contributed by atoms with E-state index in [4.69, 9.17) is 4.74 Å². The van der Waals surface area contributed by atoms with E-state index in [1.807, 2.05) is 0 Å². The summed E-state index contributed by atoms with van der Waals surface area (Å²) in [5.74, 6) is 0.568. The number of rotatable bonds is 7. The van der Waals surface area contributed by atoms with Crippen LogP contribution in [0.5, 0.6) is 0 Å². The van der Waals surface area contributed by atoms with Crippen molar-refractivity contribution in [3.63, 3.8) is 0 Å². The molecule has 2 fully saturated rings. The molecule has 0 aromatic rings. The van der Waals surface area contributed by atoms with Crippen molar-refractivity contribution in [2.24, 2.45) is 5.92 Å². The predicted molar refractivity (Wildman–Crippen MR) is 71.6 cm³/mol. The van der Waals surface area contributed by atoms with Gasteiger partial charge in [0.15, 0.2) is 9.84 Å². The molecule has 110 valence electrons. The first kappa shape index (κ1) is 14.7. The number of amides is 1. The molecule has 0 bridgehead atoms. The standard InChI is InChI=1S/C12H22N2O4S/c15-12(7-11-8-18-5-3-13-11)14-4-6-19(16,17)9-10-1-2-10/h10-11,13H,1-9H2,(H,14,15). The molecule has 1 atom stereocenters. The molecule has 6 nitrogen and oxygen atoms in total. The van der Waals surface area contributed by atoms with Gasteiger partial charge >= 0.3 is 0 Å². The first-order valence-corrected chi connectivity index (χ1v) is 8.65. The molecule has 0 aromatic heterocycles. The molecule has 7 heteroatoms. The minimum absolute atomic E-state index is 0.0387. The molecular weight excluding hydrogens is 268 g/mol. The number of sulfone groups is 1. The smallest absolute Gasteiger partial charge is 0.221 e. The van der Waals surface area contributed by atoms with Crippen LogP contribution in [0.3, 0.4) is 0 Å². The molecule has 1 aliphatic heterocycles. The summed E-state index contributed by atoms with van der Waals surface area (Å²) in [7, 11) is -3.00. The normalized spacial score (nSPS) is 24.1. The van der Waals surface area contributed by atoms with Crippen LogP contribution in [0, 0.1) is 5.92 Å². The lowest BCUT2D eigenvalue weighted by atomic mass is 10.2. The zero-order valence-electron chi connectivity index (χ0n) is 11.1. The van der Waals surface area contributed by atoms with Crippen molar-refractivity contribution in [1.82, 2.24) is 10.6 Å². The van der Waals surface area contributed by atoms with E-state index in [0.717, 1.165) is 19.4 Å². The number of hydrogen-bond acceptors (Lipinski definition) is 5. The molecule has 1 unspecified atom stereocenters. The van der Waals surface area contributed by atoms with Gasteiger partial charge in [-0.2, -0.15) is 0 Å². The van der Waals surface area contributed by atoms with Crippen LogP contribution in [-0.2, 0) is 19.4 Å². The molecule has 19 heavy (non-hydrogen) atoms. The Hall–Kier alpha value is -0.660. The fourth-order valence-corrected chi connectivity index (χ4v) is 3.75. The van der Waals surface area contributed by atoms with Gasteiger partial charge in [-0.1, -0.05) is 0 Å². The van der Waals surface area contributed by atoms with Crippen LogP contribution in [0.2, 0.25) is 0 Å². The van der Waals surface area contributed by atoms with Gasteiger partial charge in [-0.3, -0.25) is 4.79 Å². The van der Waals surface area contributed by atoms with Crippen molar-refractivity contribution >= 4 is 15.7 Å². The van der Waals surface area contributed by atoms with Crippen molar-refractivity contribution in [3.8, 4) is 0 Å². The van der Waals surface area contributed by atoms with E-state index in [1.54, 1.807) is 0 Å². The Bertz CT molecular complexity index is 400. The predicted octanol–water partition coefficient (Wildman–Crippen LogP) is -0.694. The highest BCUT2D eigenvalue weighted by Gasteiger charge is 2.27. The van der Waals surface area contributed by atoms with Gasteiger partial charge in [0.2, 0.25) is 5.91 Å². The second kappa shape index (κ2) is 6.67. The number of ether oxygens (including phenoxy) is 1. The Labute approximate surface area is 114 Å². The minimum Gasteiger partial charge on any atom is -0.378 e. The Balaban J connectivity index is 1.60. The van der Waals surface area contributed by atoms with Crippen LogP contribution < -0.4 is 10.6 Å². The summed E-state index contributed by atoms with van der Waals surface area (Å²) in [5.41, 5.74) is 0. The van der Waals surface area contributed by atoms with Crippen molar-refractivity contribution in [3.05, 3.63) is 0 Å². The lowest BCUT2D eigenvalue weighted by Crippen LogP contribution is -2.44. The van der Waals surface area contributed by atoms with E-state index in [1.165, 1.54) is 0 Å². The summed E-state index contributed by atoms with van der Waals surface area (Å²) in [6, 6.07) is 0.0387. The third-order valence-corrected chi connectivity index (χ3v) is 5.16. The number of nitrogens with one attached hydrogen (secondary N) is 2. The van der Waals surface area contributed by atoms with Gasteiger partial charge in [-0.25, -0.2) is 8.42 Å². The van der Waals surface area contributed by atoms with Gasteiger partial charge in [-0.05, 0) is 18.8 Å². The lowest BCUT2D eigenvalue weighted by Gasteiger charge is -2.23. The zero-order chi connectivity index (χ0) is 13.7. The summed E-state index contributed by atoms with van der Waals surface area (Å²) in [5, 5.41) is 5.85. The first-order chi connectivity index (χ1) is 9.05. The zero-order valence-corrected chi connectivity index (χ0v) is 11.9. The molecule has 2 N–H and O–H groups in total. The van der Waals surface area contributed by atoms with Crippen LogP contribution in [-0.4, -0.2) is 58.2 Å². The summed E-state index contributed by atoms with van der Waals surface area (Å²) in [4.78, 5) is 11.6. The molecule has 0 radical (unpaired) electrons. The monoisotopic (exact) mass is 290 g/mol. The van der Waals surface area contributed by atoms with Gasteiger partial charge in [0.05, 0.1) is 24.7 Å². The summed E-state index contributed by atoms with van der Waals surface area (Å²) in [6.07, 6.45) is 2.39. The van der Waals surface area contributed by atoms with E-state index in [9.17, 15) is 13.2 Å². The van der Waals surface area contributed by atoms with Crippen LogP contribution in [0.25, 0.3) is 0 Å². The van der Waals surface area contributed by atoms with Gasteiger partial charge < -0.3 is 15.4 Å². The number of carbonyl (C=O) groups excluding carboxylic acids is 1. The summed E-state index contributed by atoms with van der Waals surface area (Å²) < 4.78 is 28.6. The second-order valence-corrected chi connectivity index (χ2v) is 7.57. The van der Waals surface area contributed by atoms with E-state index in [-0.39, 0.29) is 30.0 Å². The van der Waals surface area contributed by atoms with Crippen LogP contribution in [0.4, 0.5) is 0 Å². The molecular formula is C12H22N2O4S. The maximum atomic E-state index is 11.7.